The highest BCUT2D eigenvalue weighted by molar-refractivity contribution is 7.21. The van der Waals surface area contributed by atoms with Crippen LogP contribution in [0.1, 0.15) is 55.7 Å². The Kier molecular flexibility index (Phi) is 5.86. The molecule has 3 N–H and O–H groups in total. The number of nitrogens with zero attached hydrogens (tertiary/aromatic N) is 4. The first-order valence-electron chi connectivity index (χ1n) is 9.37. The van der Waals surface area contributed by atoms with E-state index in [1.165, 1.54) is 6.92 Å². The van der Waals surface area contributed by atoms with Gasteiger partial charge in [-0.05, 0) is 24.6 Å². The number of nitrogens with two attached hydrogens (primary N) is 1. The number of nitrogens with one attached hydrogen (secondary N) is 1. The number of halogens is 7. The normalized spacial score (nSPS) is 12.3. The van der Waals surface area contributed by atoms with Gasteiger partial charge < -0.3 is 11.1 Å². The van der Waals surface area contributed by atoms with Gasteiger partial charge in [-0.15, -0.1) is 11.3 Å². The van der Waals surface area contributed by atoms with E-state index >= 15 is 0 Å². The molecule has 0 radical (unpaired) electrons. The number of hydrogen-bond acceptors (Lipinski definition) is 6. The molecule has 0 aromatic carbocycles. The predicted octanol–water partition coefficient (Wildman–Crippen LogP) is 4.89. The maximum Gasteiger partial charge on any atom is 0.433 e. The third kappa shape index (κ3) is 4.36. The van der Waals surface area contributed by atoms with Crippen LogP contribution >= 0.6 is 11.3 Å². The highest BCUT2D eigenvalue weighted by Gasteiger charge is 2.34. The second-order valence-electron chi connectivity index (χ2n) is 7.13. The Hall–Kier alpha value is -3.82. The van der Waals surface area contributed by atoms with Crippen molar-refractivity contribution >= 4 is 44.7 Å². The van der Waals surface area contributed by atoms with Crippen molar-refractivity contribution in [3.63, 3.8) is 0 Å². The minimum atomic E-state index is -4.78. The van der Waals surface area contributed by atoms with Crippen molar-refractivity contribution in [3.8, 4) is 0 Å². The Morgan fingerprint density at radius 3 is 2.34 bits per heavy atom. The zero-order chi connectivity index (χ0) is 25.8. The Labute approximate surface area is 193 Å². The highest BCUT2D eigenvalue weighted by atomic mass is 32.1. The molecule has 35 heavy (non-hydrogen) atoms. The molecule has 184 valence electrons. The number of aromatic nitrogens is 4. The summed E-state index contributed by atoms with van der Waals surface area (Å²) in [4.78, 5) is 31.2. The van der Waals surface area contributed by atoms with Crippen LogP contribution in [0.4, 0.5) is 36.4 Å². The maximum absolute atomic E-state index is 13.4. The third-order valence-corrected chi connectivity index (χ3v) is 5.86. The van der Waals surface area contributed by atoms with Crippen molar-refractivity contribution in [1.82, 2.24) is 19.6 Å². The molecule has 4 aromatic heterocycles. The molecule has 0 aliphatic rings. The summed E-state index contributed by atoms with van der Waals surface area (Å²) >= 11 is 0.509. The highest BCUT2D eigenvalue weighted by Crippen LogP contribution is 2.40. The van der Waals surface area contributed by atoms with Gasteiger partial charge in [0.15, 0.2) is 11.3 Å². The molecule has 0 spiro atoms. The Bertz CT molecular complexity index is 1490. The number of anilines is 1. The first kappa shape index (κ1) is 24.3. The number of primary amides is 1. The molecule has 0 saturated heterocycles. The molecule has 0 bridgehead atoms. The van der Waals surface area contributed by atoms with E-state index in [9.17, 15) is 40.3 Å². The summed E-state index contributed by atoms with van der Waals surface area (Å²) in [5, 5.41) is 5.97. The molecule has 0 saturated carbocycles. The maximum atomic E-state index is 13.4. The molecule has 8 nitrogen and oxygen atoms in total. The van der Waals surface area contributed by atoms with E-state index in [2.05, 4.69) is 20.4 Å². The van der Waals surface area contributed by atoms with Gasteiger partial charge in [0, 0.05) is 11.5 Å². The second-order valence-corrected chi connectivity index (χ2v) is 8.13. The SMILES string of the molecule is Cc1cc(C(F)(F)F)nc2sc(C(N)=O)c(NC(=O)c3cc4nc(C(F)F)cc(C(F)F)n4n3)c12. The fraction of sp³-hybridized carbons (Fsp3) is 0.211. The number of fused-ring (bicyclic) bond motifs is 2. The van der Waals surface area contributed by atoms with Crippen molar-refractivity contribution in [2.24, 2.45) is 5.73 Å². The van der Waals surface area contributed by atoms with Gasteiger partial charge in [0.25, 0.3) is 24.7 Å². The first-order chi connectivity index (χ1) is 16.3. The average molecular weight is 520 g/mol. The van der Waals surface area contributed by atoms with Gasteiger partial charge in [0.1, 0.15) is 26.8 Å². The Morgan fingerprint density at radius 1 is 1.09 bits per heavy atom. The largest absolute Gasteiger partial charge is 0.433 e. The van der Waals surface area contributed by atoms with E-state index in [0.29, 0.717) is 28.0 Å². The smallest absolute Gasteiger partial charge is 0.365 e. The summed E-state index contributed by atoms with van der Waals surface area (Å²) in [6.45, 7) is 1.29. The molecule has 0 aliphatic carbocycles. The van der Waals surface area contributed by atoms with Crippen molar-refractivity contribution in [2.75, 3.05) is 5.32 Å². The number of aryl methyl sites for hydroxylation is 1. The lowest BCUT2D eigenvalue weighted by Gasteiger charge is -2.09. The standard InChI is InChI=1S/C19H11F7N6O2S/c1-5-2-9(19(24,25)26)29-18-11(5)12(13(35-18)16(27)33)30-17(34)7-4-10-28-6(14(20)21)3-8(15(22)23)32(10)31-7/h2-4,14-15H,1H3,(H2,27,33)(H,30,34). The van der Waals surface area contributed by atoms with Gasteiger partial charge >= 0.3 is 6.18 Å². The third-order valence-electron chi connectivity index (χ3n) is 4.77. The fourth-order valence-corrected chi connectivity index (χ4v) is 4.35. The van der Waals surface area contributed by atoms with Crippen LogP contribution in [0.2, 0.25) is 0 Å². The zero-order valence-electron chi connectivity index (χ0n) is 17.1. The van der Waals surface area contributed by atoms with E-state index < -0.39 is 59.3 Å². The lowest BCUT2D eigenvalue weighted by Crippen LogP contribution is -2.17. The number of carbonyl (C=O) groups is 2. The number of thiophene rings is 1. The van der Waals surface area contributed by atoms with Crippen molar-refractivity contribution in [1.29, 1.82) is 0 Å². The summed E-state index contributed by atoms with van der Waals surface area (Å²) in [5.74, 6) is -2.16. The lowest BCUT2D eigenvalue weighted by atomic mass is 10.1. The molecular weight excluding hydrogens is 509 g/mol. The molecule has 0 aliphatic heterocycles. The van der Waals surface area contributed by atoms with E-state index in [0.717, 1.165) is 6.07 Å². The summed E-state index contributed by atoms with van der Waals surface area (Å²) in [5.41, 5.74) is 0.933. The molecule has 0 atom stereocenters. The number of alkyl halides is 7. The number of carbonyl (C=O) groups excluding carboxylic acids is 2. The monoisotopic (exact) mass is 520 g/mol. The van der Waals surface area contributed by atoms with Gasteiger partial charge in [-0.3, -0.25) is 9.59 Å². The zero-order valence-corrected chi connectivity index (χ0v) is 17.9. The van der Waals surface area contributed by atoms with Gasteiger partial charge in [-0.1, -0.05) is 0 Å². The summed E-state index contributed by atoms with van der Waals surface area (Å²) < 4.78 is 92.7. The molecule has 0 unspecified atom stereocenters. The predicted molar refractivity (Wildman–Crippen MR) is 109 cm³/mol. The van der Waals surface area contributed by atoms with Gasteiger partial charge in [-0.25, -0.2) is 32.0 Å². The first-order valence-corrected chi connectivity index (χ1v) is 10.2. The quantitative estimate of drug-likeness (QED) is 0.364. The van der Waals surface area contributed by atoms with E-state index in [1.54, 1.807) is 0 Å². The molecule has 0 fully saturated rings. The summed E-state index contributed by atoms with van der Waals surface area (Å²) in [6.07, 6.45) is -11.2. The van der Waals surface area contributed by atoms with Crippen molar-refractivity contribution < 1.29 is 40.3 Å². The lowest BCUT2D eigenvalue weighted by molar-refractivity contribution is -0.141. The molecule has 4 rings (SSSR count). The van der Waals surface area contributed by atoms with Crippen molar-refractivity contribution in [2.45, 2.75) is 26.0 Å². The molecule has 4 aromatic rings. The summed E-state index contributed by atoms with van der Waals surface area (Å²) in [6, 6.07) is 2.02. The van der Waals surface area contributed by atoms with Crippen molar-refractivity contribution in [3.05, 3.63) is 51.4 Å². The van der Waals surface area contributed by atoms with Crippen LogP contribution in [0.3, 0.4) is 0 Å². The van der Waals surface area contributed by atoms with Gasteiger partial charge in [-0.2, -0.15) is 18.3 Å². The Balaban J connectivity index is 1.82. The number of hydrogen-bond donors (Lipinski definition) is 2. The minimum Gasteiger partial charge on any atom is -0.365 e. The molecule has 16 heteroatoms. The molecule has 4 heterocycles. The van der Waals surface area contributed by atoms with Crippen LogP contribution in [0, 0.1) is 6.92 Å². The minimum absolute atomic E-state index is 0.000273. The number of amides is 2. The number of rotatable bonds is 5. The van der Waals surface area contributed by atoms with Crippen LogP contribution in [0.5, 0.6) is 0 Å². The average Bonchev–Trinajstić information content (AvgIpc) is 3.34. The number of pyridine rings is 1. The van der Waals surface area contributed by atoms with Gasteiger partial charge in [0.05, 0.1) is 5.69 Å². The fourth-order valence-electron chi connectivity index (χ4n) is 3.29. The van der Waals surface area contributed by atoms with Crippen LogP contribution < -0.4 is 11.1 Å². The molecule has 2 amide bonds. The topological polar surface area (TPSA) is 115 Å². The van der Waals surface area contributed by atoms with E-state index in [4.69, 9.17) is 5.73 Å². The van der Waals surface area contributed by atoms with E-state index in [1.807, 2.05) is 0 Å². The summed E-state index contributed by atoms with van der Waals surface area (Å²) in [7, 11) is 0. The Morgan fingerprint density at radius 2 is 1.77 bits per heavy atom. The van der Waals surface area contributed by atoms with Crippen LogP contribution in [-0.4, -0.2) is 31.4 Å². The second kappa shape index (κ2) is 8.44. The van der Waals surface area contributed by atoms with E-state index in [-0.39, 0.29) is 26.3 Å². The van der Waals surface area contributed by atoms with Crippen LogP contribution in [-0.2, 0) is 6.18 Å². The molecular formula is C19H11F7N6O2S. The van der Waals surface area contributed by atoms with Crippen LogP contribution in [0.25, 0.3) is 15.9 Å². The van der Waals surface area contributed by atoms with Gasteiger partial charge in [0.2, 0.25) is 0 Å². The van der Waals surface area contributed by atoms with Crippen LogP contribution in [0.15, 0.2) is 18.2 Å².